The first-order valence-electron chi connectivity index (χ1n) is 4.37. The van der Waals surface area contributed by atoms with Crippen LogP contribution in [0, 0.1) is 0 Å². The van der Waals surface area contributed by atoms with Crippen molar-refractivity contribution in [3.8, 4) is 0 Å². The molecule has 0 aliphatic rings. The summed E-state index contributed by atoms with van der Waals surface area (Å²) in [5.41, 5.74) is 1.30. The Morgan fingerprint density at radius 2 is 1.85 bits per heavy atom. The van der Waals surface area contributed by atoms with Gasteiger partial charge in [-0.25, -0.2) is 0 Å². The monoisotopic (exact) mass is 214 g/mol. The average molecular weight is 215 g/mol. The standard InChI is InChI=1S/C11H15ClS/c1-9(11(2,12)13-3)10-7-5-4-6-8-10/h4-9H,1-3H3/t9-,11+/m1/s1. The number of hydrogen-bond donors (Lipinski definition) is 0. The van der Waals surface area contributed by atoms with Gasteiger partial charge in [-0.3, -0.25) is 0 Å². The van der Waals surface area contributed by atoms with Crippen LogP contribution in [0.1, 0.15) is 25.3 Å². The van der Waals surface area contributed by atoms with Crippen molar-refractivity contribution in [3.05, 3.63) is 35.9 Å². The molecule has 13 heavy (non-hydrogen) atoms. The van der Waals surface area contributed by atoms with E-state index in [1.54, 1.807) is 11.8 Å². The van der Waals surface area contributed by atoms with E-state index in [-0.39, 0.29) is 4.21 Å². The summed E-state index contributed by atoms with van der Waals surface area (Å²) >= 11 is 8.06. The fourth-order valence-electron chi connectivity index (χ4n) is 1.22. The van der Waals surface area contributed by atoms with Gasteiger partial charge in [0, 0.05) is 5.92 Å². The lowest BCUT2D eigenvalue weighted by Gasteiger charge is -2.27. The van der Waals surface area contributed by atoms with Crippen molar-refractivity contribution < 1.29 is 0 Å². The molecule has 0 aliphatic carbocycles. The van der Waals surface area contributed by atoms with Crippen LogP contribution in [-0.4, -0.2) is 10.5 Å². The van der Waals surface area contributed by atoms with Gasteiger partial charge in [-0.05, 0) is 18.7 Å². The van der Waals surface area contributed by atoms with E-state index >= 15 is 0 Å². The van der Waals surface area contributed by atoms with Gasteiger partial charge in [0.05, 0.1) is 4.21 Å². The van der Waals surface area contributed by atoms with Crippen molar-refractivity contribution in [3.63, 3.8) is 0 Å². The number of rotatable bonds is 3. The maximum absolute atomic E-state index is 6.37. The predicted molar refractivity (Wildman–Crippen MR) is 62.6 cm³/mol. The quantitative estimate of drug-likeness (QED) is 0.683. The molecule has 0 saturated heterocycles. The van der Waals surface area contributed by atoms with E-state index in [4.69, 9.17) is 11.6 Å². The number of alkyl halides is 1. The summed E-state index contributed by atoms with van der Waals surface area (Å²) in [5.74, 6) is 0.366. The molecule has 0 N–H and O–H groups in total. The molecule has 0 spiro atoms. The van der Waals surface area contributed by atoms with Crippen LogP contribution < -0.4 is 0 Å². The van der Waals surface area contributed by atoms with Crippen LogP contribution >= 0.6 is 23.4 Å². The zero-order chi connectivity index (χ0) is 9.90. The van der Waals surface area contributed by atoms with Crippen LogP contribution in [0.15, 0.2) is 30.3 Å². The molecule has 1 aromatic carbocycles. The molecule has 0 heterocycles. The molecule has 0 aromatic heterocycles. The Bertz CT molecular complexity index is 256. The first kappa shape index (κ1) is 10.9. The molecule has 0 fully saturated rings. The second kappa shape index (κ2) is 4.39. The average Bonchev–Trinajstić information content (AvgIpc) is 2.18. The Kier molecular flexibility index (Phi) is 3.69. The van der Waals surface area contributed by atoms with E-state index in [9.17, 15) is 0 Å². The molecule has 0 bridgehead atoms. The second-order valence-corrected chi connectivity index (χ2v) is 5.59. The van der Waals surface area contributed by atoms with Crippen LogP contribution in [0.25, 0.3) is 0 Å². The molecule has 72 valence electrons. The third-order valence-electron chi connectivity index (χ3n) is 2.47. The lowest BCUT2D eigenvalue weighted by molar-refractivity contribution is 0.698. The fraction of sp³-hybridized carbons (Fsp3) is 0.455. The highest BCUT2D eigenvalue weighted by Gasteiger charge is 2.28. The Morgan fingerprint density at radius 3 is 2.31 bits per heavy atom. The maximum atomic E-state index is 6.37. The van der Waals surface area contributed by atoms with E-state index < -0.39 is 0 Å². The second-order valence-electron chi connectivity index (χ2n) is 3.32. The molecule has 0 saturated carbocycles. The van der Waals surface area contributed by atoms with Crippen molar-refractivity contribution in [2.75, 3.05) is 6.26 Å². The van der Waals surface area contributed by atoms with Crippen LogP contribution in [0.5, 0.6) is 0 Å². The molecule has 2 heteroatoms. The summed E-state index contributed by atoms with van der Waals surface area (Å²) in [5, 5.41) is 0. The van der Waals surface area contributed by atoms with Gasteiger partial charge in [0.15, 0.2) is 0 Å². The van der Waals surface area contributed by atoms with Crippen LogP contribution in [0.3, 0.4) is 0 Å². The highest BCUT2D eigenvalue weighted by Crippen LogP contribution is 2.40. The van der Waals surface area contributed by atoms with Crippen LogP contribution in [-0.2, 0) is 0 Å². The van der Waals surface area contributed by atoms with Crippen LogP contribution in [0.4, 0.5) is 0 Å². The van der Waals surface area contributed by atoms with E-state index in [0.29, 0.717) is 5.92 Å². The number of benzene rings is 1. The minimum atomic E-state index is -0.207. The predicted octanol–water partition coefficient (Wildman–Crippen LogP) is 4.11. The van der Waals surface area contributed by atoms with Gasteiger partial charge in [0.2, 0.25) is 0 Å². The Hall–Kier alpha value is -0.140. The lowest BCUT2D eigenvalue weighted by atomic mass is 9.98. The Morgan fingerprint density at radius 1 is 1.31 bits per heavy atom. The van der Waals surface area contributed by atoms with Crippen molar-refractivity contribution in [2.24, 2.45) is 0 Å². The topological polar surface area (TPSA) is 0 Å². The van der Waals surface area contributed by atoms with Crippen molar-refractivity contribution in [1.29, 1.82) is 0 Å². The number of hydrogen-bond acceptors (Lipinski definition) is 1. The normalized spacial score (nSPS) is 17.8. The van der Waals surface area contributed by atoms with Gasteiger partial charge in [-0.1, -0.05) is 37.3 Å². The minimum Gasteiger partial charge on any atom is -0.142 e. The van der Waals surface area contributed by atoms with Crippen molar-refractivity contribution in [1.82, 2.24) is 0 Å². The van der Waals surface area contributed by atoms with Gasteiger partial charge in [0.25, 0.3) is 0 Å². The van der Waals surface area contributed by atoms with Crippen LogP contribution in [0.2, 0.25) is 0 Å². The maximum Gasteiger partial charge on any atom is 0.0931 e. The van der Waals surface area contributed by atoms with Gasteiger partial charge >= 0.3 is 0 Å². The summed E-state index contributed by atoms with van der Waals surface area (Å²) in [6.07, 6.45) is 2.05. The molecule has 1 rings (SSSR count). The Labute approximate surface area is 89.7 Å². The van der Waals surface area contributed by atoms with E-state index in [1.165, 1.54) is 5.56 Å². The van der Waals surface area contributed by atoms with Gasteiger partial charge in [0.1, 0.15) is 0 Å². The lowest BCUT2D eigenvalue weighted by Crippen LogP contribution is -2.19. The highest BCUT2D eigenvalue weighted by molar-refractivity contribution is 8.01. The summed E-state index contributed by atoms with van der Waals surface area (Å²) in [6, 6.07) is 10.4. The first-order valence-corrected chi connectivity index (χ1v) is 5.97. The van der Waals surface area contributed by atoms with Crippen molar-refractivity contribution >= 4 is 23.4 Å². The third kappa shape index (κ3) is 2.65. The molecule has 0 aliphatic heterocycles. The van der Waals surface area contributed by atoms with E-state index in [2.05, 4.69) is 38.1 Å². The summed E-state index contributed by atoms with van der Waals surface area (Å²) in [7, 11) is 0. The Balaban J connectivity index is 2.85. The molecule has 0 unspecified atom stereocenters. The molecule has 0 radical (unpaired) electrons. The SMILES string of the molecule is CS[C@](C)(Cl)[C@H](C)c1ccccc1. The molecule has 1 aromatic rings. The molecule has 2 atom stereocenters. The largest absolute Gasteiger partial charge is 0.142 e. The third-order valence-corrected chi connectivity index (χ3v) is 4.41. The highest BCUT2D eigenvalue weighted by atomic mass is 35.5. The zero-order valence-electron chi connectivity index (χ0n) is 8.25. The molecule has 0 nitrogen and oxygen atoms in total. The fourth-order valence-corrected chi connectivity index (χ4v) is 1.83. The van der Waals surface area contributed by atoms with E-state index in [1.807, 2.05) is 12.3 Å². The smallest absolute Gasteiger partial charge is 0.0931 e. The van der Waals surface area contributed by atoms with E-state index in [0.717, 1.165) is 0 Å². The van der Waals surface area contributed by atoms with Crippen molar-refractivity contribution in [2.45, 2.75) is 24.0 Å². The van der Waals surface area contributed by atoms with Gasteiger partial charge < -0.3 is 0 Å². The number of thioether (sulfide) groups is 1. The summed E-state index contributed by atoms with van der Waals surface area (Å²) in [6.45, 7) is 4.23. The number of halogens is 1. The zero-order valence-corrected chi connectivity index (χ0v) is 9.82. The first-order chi connectivity index (χ1) is 6.08. The molecule has 0 amide bonds. The van der Waals surface area contributed by atoms with Gasteiger partial charge in [-0.15, -0.1) is 23.4 Å². The summed E-state index contributed by atoms with van der Waals surface area (Å²) < 4.78 is -0.207. The molecular formula is C11H15ClS. The van der Waals surface area contributed by atoms with Gasteiger partial charge in [-0.2, -0.15) is 0 Å². The minimum absolute atomic E-state index is 0.207. The summed E-state index contributed by atoms with van der Waals surface area (Å²) in [4.78, 5) is 0. The molecular weight excluding hydrogens is 200 g/mol.